The van der Waals surface area contributed by atoms with Gasteiger partial charge in [-0.2, -0.15) is 0 Å². The van der Waals surface area contributed by atoms with Crippen LogP contribution < -0.4 is 5.32 Å². The van der Waals surface area contributed by atoms with Crippen LogP contribution >= 0.6 is 0 Å². The molecule has 0 aromatic heterocycles. The summed E-state index contributed by atoms with van der Waals surface area (Å²) in [5, 5.41) is 2.76. The highest BCUT2D eigenvalue weighted by atomic mass is 16.7. The Bertz CT molecular complexity index is 548. The van der Waals surface area contributed by atoms with Gasteiger partial charge >= 0.3 is 0 Å². The predicted molar refractivity (Wildman–Crippen MR) is 78.7 cm³/mol. The lowest BCUT2D eigenvalue weighted by Gasteiger charge is -2.30. The van der Waals surface area contributed by atoms with Gasteiger partial charge in [-0.25, -0.2) is 0 Å². The zero-order valence-electron chi connectivity index (χ0n) is 12.5. The zero-order chi connectivity index (χ0) is 15.5. The van der Waals surface area contributed by atoms with Gasteiger partial charge in [0.25, 0.3) is 11.8 Å². The van der Waals surface area contributed by atoms with E-state index in [9.17, 15) is 9.59 Å². The molecule has 2 amide bonds. The summed E-state index contributed by atoms with van der Waals surface area (Å²) in [5.41, 5.74) is 1.05. The SMILES string of the molecule is CCCNC(=O)[C@@H]1O[C@H]2CN(Cc3ccccc3)C(=O)[C@@H]1O2. The number of rotatable bonds is 5. The third-order valence-corrected chi connectivity index (χ3v) is 3.82. The first-order valence-electron chi connectivity index (χ1n) is 7.60. The van der Waals surface area contributed by atoms with Gasteiger partial charge in [0.05, 0.1) is 6.54 Å². The number of carbonyl (C=O) groups excluding carboxylic acids is 2. The molecule has 22 heavy (non-hydrogen) atoms. The number of ether oxygens (including phenoxy) is 2. The van der Waals surface area contributed by atoms with Crippen LogP contribution in [-0.4, -0.2) is 48.3 Å². The monoisotopic (exact) mass is 304 g/mol. The van der Waals surface area contributed by atoms with Gasteiger partial charge in [-0.1, -0.05) is 37.3 Å². The number of hydrogen-bond acceptors (Lipinski definition) is 4. The van der Waals surface area contributed by atoms with E-state index in [2.05, 4.69) is 5.32 Å². The van der Waals surface area contributed by atoms with Gasteiger partial charge < -0.3 is 19.7 Å². The van der Waals surface area contributed by atoms with Crippen molar-refractivity contribution in [2.24, 2.45) is 0 Å². The van der Waals surface area contributed by atoms with Crippen molar-refractivity contribution >= 4 is 11.8 Å². The molecule has 0 aliphatic carbocycles. The maximum Gasteiger partial charge on any atom is 0.255 e. The van der Waals surface area contributed by atoms with Gasteiger partial charge in [-0.3, -0.25) is 9.59 Å². The van der Waals surface area contributed by atoms with E-state index >= 15 is 0 Å². The standard InChI is InChI=1S/C16H20N2O4/c1-2-8-17-15(19)13-14-16(20)18(10-12(21-13)22-14)9-11-6-4-3-5-7-11/h3-7,12-14H,2,8-10H2,1H3,(H,17,19)/t12-,13-,14-/m1/s1. The molecule has 0 saturated carbocycles. The van der Waals surface area contributed by atoms with Crippen LogP contribution in [0.3, 0.4) is 0 Å². The van der Waals surface area contributed by atoms with Crippen molar-refractivity contribution < 1.29 is 19.1 Å². The highest BCUT2D eigenvalue weighted by Gasteiger charge is 2.50. The second-order valence-corrected chi connectivity index (χ2v) is 5.54. The van der Waals surface area contributed by atoms with E-state index in [1.165, 1.54) is 0 Å². The Morgan fingerprint density at radius 1 is 1.32 bits per heavy atom. The molecule has 2 heterocycles. The van der Waals surface area contributed by atoms with Gasteiger partial charge in [0.2, 0.25) is 0 Å². The first kappa shape index (κ1) is 15.0. The molecule has 1 aromatic rings. The van der Waals surface area contributed by atoms with E-state index in [1.807, 2.05) is 37.3 Å². The number of fused-ring (bicyclic) bond motifs is 2. The van der Waals surface area contributed by atoms with Crippen molar-refractivity contribution in [3.63, 3.8) is 0 Å². The van der Waals surface area contributed by atoms with Gasteiger partial charge in [0, 0.05) is 13.1 Å². The van der Waals surface area contributed by atoms with E-state index in [0.717, 1.165) is 12.0 Å². The molecule has 0 spiro atoms. The fourth-order valence-electron chi connectivity index (χ4n) is 2.72. The summed E-state index contributed by atoms with van der Waals surface area (Å²) < 4.78 is 11.1. The second kappa shape index (κ2) is 6.46. The molecule has 2 aliphatic rings. The zero-order valence-corrected chi connectivity index (χ0v) is 12.5. The molecule has 1 aromatic carbocycles. The van der Waals surface area contributed by atoms with E-state index < -0.39 is 18.5 Å². The molecular formula is C16H20N2O4. The highest BCUT2D eigenvalue weighted by molar-refractivity contribution is 5.92. The van der Waals surface area contributed by atoms with Gasteiger partial charge in [-0.05, 0) is 12.0 Å². The Hall–Kier alpha value is -1.92. The molecule has 6 heteroatoms. The molecule has 0 unspecified atom stereocenters. The molecule has 2 aliphatic heterocycles. The number of carbonyl (C=O) groups is 2. The van der Waals surface area contributed by atoms with Crippen LogP contribution in [0.15, 0.2) is 30.3 Å². The number of benzene rings is 1. The topological polar surface area (TPSA) is 67.9 Å². The molecule has 2 fully saturated rings. The molecular weight excluding hydrogens is 284 g/mol. The van der Waals surface area contributed by atoms with Gasteiger partial charge in [0.1, 0.15) is 0 Å². The van der Waals surface area contributed by atoms with Crippen molar-refractivity contribution in [3.8, 4) is 0 Å². The number of amides is 2. The summed E-state index contributed by atoms with van der Waals surface area (Å²) in [7, 11) is 0. The van der Waals surface area contributed by atoms with Crippen LogP contribution in [0.2, 0.25) is 0 Å². The third kappa shape index (κ3) is 2.98. The lowest BCUT2D eigenvalue weighted by Crippen LogP contribution is -2.51. The minimum absolute atomic E-state index is 0.186. The van der Waals surface area contributed by atoms with E-state index in [-0.39, 0.29) is 11.8 Å². The highest BCUT2D eigenvalue weighted by Crippen LogP contribution is 2.28. The van der Waals surface area contributed by atoms with Crippen LogP contribution in [0, 0.1) is 0 Å². The normalized spacial score (nSPS) is 27.0. The molecule has 3 rings (SSSR count). The van der Waals surface area contributed by atoms with Crippen LogP contribution in [0.5, 0.6) is 0 Å². The Balaban J connectivity index is 1.67. The summed E-state index contributed by atoms with van der Waals surface area (Å²) in [6.07, 6.45) is -1.37. The summed E-state index contributed by atoms with van der Waals surface area (Å²) in [5.74, 6) is -0.460. The Kier molecular flexibility index (Phi) is 4.40. The molecule has 2 saturated heterocycles. The minimum atomic E-state index is -0.843. The maximum atomic E-state index is 12.5. The summed E-state index contributed by atoms with van der Waals surface area (Å²) in [6, 6.07) is 9.75. The van der Waals surface area contributed by atoms with Crippen molar-refractivity contribution in [1.82, 2.24) is 10.2 Å². The first-order chi connectivity index (χ1) is 10.7. The van der Waals surface area contributed by atoms with E-state index in [4.69, 9.17) is 9.47 Å². The average Bonchev–Trinajstić information content (AvgIpc) is 2.90. The molecule has 6 nitrogen and oxygen atoms in total. The van der Waals surface area contributed by atoms with Crippen LogP contribution in [0.4, 0.5) is 0 Å². The van der Waals surface area contributed by atoms with Crippen molar-refractivity contribution in [2.45, 2.75) is 38.4 Å². The lowest BCUT2D eigenvalue weighted by molar-refractivity contribution is -0.162. The Morgan fingerprint density at radius 2 is 2.09 bits per heavy atom. The van der Waals surface area contributed by atoms with Crippen molar-refractivity contribution in [2.75, 3.05) is 13.1 Å². The van der Waals surface area contributed by atoms with Gasteiger partial charge in [0.15, 0.2) is 18.5 Å². The summed E-state index contributed by atoms with van der Waals surface area (Å²) in [6.45, 7) is 3.39. The van der Waals surface area contributed by atoms with E-state index in [1.54, 1.807) is 4.90 Å². The second-order valence-electron chi connectivity index (χ2n) is 5.54. The van der Waals surface area contributed by atoms with Crippen LogP contribution in [-0.2, 0) is 25.6 Å². The average molecular weight is 304 g/mol. The van der Waals surface area contributed by atoms with Gasteiger partial charge in [-0.15, -0.1) is 0 Å². The maximum absolute atomic E-state index is 12.5. The van der Waals surface area contributed by atoms with E-state index in [0.29, 0.717) is 19.6 Å². The number of nitrogens with zero attached hydrogens (tertiary/aromatic N) is 1. The van der Waals surface area contributed by atoms with Crippen molar-refractivity contribution in [3.05, 3.63) is 35.9 Å². The molecule has 1 N–H and O–H groups in total. The molecule has 2 bridgehead atoms. The molecule has 118 valence electrons. The Morgan fingerprint density at radius 3 is 2.82 bits per heavy atom. The summed E-state index contributed by atoms with van der Waals surface area (Å²) >= 11 is 0. The third-order valence-electron chi connectivity index (χ3n) is 3.82. The largest absolute Gasteiger partial charge is 0.354 e. The number of morpholine rings is 1. The lowest BCUT2D eigenvalue weighted by atomic mass is 10.1. The number of hydrogen-bond donors (Lipinski definition) is 1. The molecule has 3 atom stereocenters. The first-order valence-corrected chi connectivity index (χ1v) is 7.60. The van der Waals surface area contributed by atoms with Crippen molar-refractivity contribution in [1.29, 1.82) is 0 Å². The quantitative estimate of drug-likeness (QED) is 0.868. The smallest absolute Gasteiger partial charge is 0.255 e. The van der Waals surface area contributed by atoms with Crippen LogP contribution in [0.25, 0.3) is 0 Å². The number of nitrogens with one attached hydrogen (secondary N) is 1. The van der Waals surface area contributed by atoms with Crippen LogP contribution in [0.1, 0.15) is 18.9 Å². The summed E-state index contributed by atoms with van der Waals surface area (Å²) in [4.78, 5) is 26.3. The minimum Gasteiger partial charge on any atom is -0.354 e. The fraction of sp³-hybridized carbons (Fsp3) is 0.500. The molecule has 0 radical (unpaired) electrons. The predicted octanol–water partition coefficient (Wildman–Crippen LogP) is 0.665. The Labute approximate surface area is 129 Å². The fourth-order valence-corrected chi connectivity index (χ4v) is 2.72.